The molecule has 2 unspecified atom stereocenters. The van der Waals surface area contributed by atoms with E-state index in [0.29, 0.717) is 5.03 Å². The first-order chi connectivity index (χ1) is 16.5. The van der Waals surface area contributed by atoms with Gasteiger partial charge in [-0.25, -0.2) is 14.6 Å². The number of carbonyl (C=O) groups is 4. The number of nitrogens with one attached hydrogen (secondary N) is 3. The van der Waals surface area contributed by atoms with Crippen LogP contribution in [-0.4, -0.2) is 85.4 Å². The van der Waals surface area contributed by atoms with Gasteiger partial charge in [-0.1, -0.05) is 0 Å². The van der Waals surface area contributed by atoms with E-state index < -0.39 is 51.6 Å². The molecule has 1 aromatic heterocycles. The molecule has 0 radical (unpaired) electrons. The lowest BCUT2D eigenvalue weighted by atomic mass is 10.1. The number of ether oxygens (including phenoxy) is 2. The van der Waals surface area contributed by atoms with Crippen LogP contribution in [0.2, 0.25) is 0 Å². The van der Waals surface area contributed by atoms with Crippen LogP contribution in [0.3, 0.4) is 0 Å². The summed E-state index contributed by atoms with van der Waals surface area (Å²) in [5.74, 6) is -3.07. The van der Waals surface area contributed by atoms with E-state index in [4.69, 9.17) is 14.7 Å². The number of nitrogens with zero attached hydrogens (tertiary/aromatic N) is 1. The van der Waals surface area contributed by atoms with Crippen LogP contribution in [0.5, 0.6) is 0 Å². The highest BCUT2D eigenvalue weighted by Gasteiger charge is 2.24. The van der Waals surface area contributed by atoms with Crippen molar-refractivity contribution in [1.82, 2.24) is 15.6 Å². The quantitative estimate of drug-likeness (QED) is 0.108. The molecule has 0 fully saturated rings. The van der Waals surface area contributed by atoms with Crippen LogP contribution >= 0.6 is 11.8 Å². The summed E-state index contributed by atoms with van der Waals surface area (Å²) in [7, 11) is -3.23. The molecule has 2 atom stereocenters. The van der Waals surface area contributed by atoms with Crippen LogP contribution in [0.4, 0.5) is 0 Å². The zero-order valence-electron chi connectivity index (χ0n) is 19.0. The first-order valence-electron chi connectivity index (χ1n) is 10.1. The van der Waals surface area contributed by atoms with Gasteiger partial charge in [0.05, 0.1) is 36.0 Å². The van der Waals surface area contributed by atoms with Gasteiger partial charge in [-0.3, -0.25) is 19.6 Å². The van der Waals surface area contributed by atoms with E-state index in [9.17, 15) is 27.6 Å². The highest BCUT2D eigenvalue weighted by atomic mass is 32.2. The van der Waals surface area contributed by atoms with Gasteiger partial charge in [0.15, 0.2) is 0 Å². The molecule has 13 nitrogen and oxygen atoms in total. The summed E-state index contributed by atoms with van der Waals surface area (Å²) in [6.45, 7) is 1.50. The average molecular weight is 531 g/mol. The monoisotopic (exact) mass is 530 g/mol. The minimum absolute atomic E-state index is 0.0715. The number of hydrogen-bond acceptors (Lipinski definition) is 11. The van der Waals surface area contributed by atoms with Crippen LogP contribution in [0, 0.1) is 11.3 Å². The van der Waals surface area contributed by atoms with E-state index >= 15 is 0 Å². The fourth-order valence-electron chi connectivity index (χ4n) is 2.51. The van der Waals surface area contributed by atoms with Gasteiger partial charge >= 0.3 is 11.9 Å². The summed E-state index contributed by atoms with van der Waals surface area (Å²) in [6.07, 6.45) is 1.94. The van der Waals surface area contributed by atoms with Gasteiger partial charge in [0.25, 0.3) is 10.1 Å². The lowest BCUT2D eigenvalue weighted by Gasteiger charge is -2.17. The first-order valence-corrected chi connectivity index (χ1v) is 12.7. The Morgan fingerprint density at radius 3 is 2.57 bits per heavy atom. The predicted molar refractivity (Wildman–Crippen MR) is 125 cm³/mol. The second-order valence-corrected chi connectivity index (χ2v) is 9.30. The molecule has 0 spiro atoms. The molecule has 15 heteroatoms. The minimum atomic E-state index is -4.48. The fourth-order valence-corrected chi connectivity index (χ4v) is 4.06. The topological polar surface area (TPSA) is 202 Å². The maximum Gasteiger partial charge on any atom is 0.339 e. The van der Waals surface area contributed by atoms with Crippen molar-refractivity contribution in [2.75, 3.05) is 31.8 Å². The Morgan fingerprint density at radius 2 is 2.03 bits per heavy atom. The Hall–Kier alpha value is -3.26. The van der Waals surface area contributed by atoms with Crippen molar-refractivity contribution in [3.8, 4) is 0 Å². The van der Waals surface area contributed by atoms with Crippen LogP contribution in [-0.2, 0) is 34.0 Å². The van der Waals surface area contributed by atoms with E-state index in [1.807, 2.05) is 0 Å². The summed E-state index contributed by atoms with van der Waals surface area (Å²) in [4.78, 5) is 52.2. The highest BCUT2D eigenvalue weighted by Crippen LogP contribution is 2.17. The summed E-state index contributed by atoms with van der Waals surface area (Å²) < 4.78 is 40.5. The Morgan fingerprint density at radius 1 is 1.31 bits per heavy atom. The largest absolute Gasteiger partial charge is 0.465 e. The molecule has 192 valence electrons. The Labute approximate surface area is 206 Å². The lowest BCUT2D eigenvalue weighted by molar-refractivity contribution is -0.146. The van der Waals surface area contributed by atoms with Gasteiger partial charge in [-0.2, -0.15) is 8.42 Å². The predicted octanol–water partition coefficient (Wildman–Crippen LogP) is -0.177. The van der Waals surface area contributed by atoms with Crippen molar-refractivity contribution in [3.05, 3.63) is 30.0 Å². The minimum Gasteiger partial charge on any atom is -0.465 e. The zero-order valence-corrected chi connectivity index (χ0v) is 20.6. The molecule has 35 heavy (non-hydrogen) atoms. The number of carbonyl (C=O) groups excluding carboxylic acids is 4. The molecule has 1 heterocycles. The molecule has 4 N–H and O–H groups in total. The third kappa shape index (κ3) is 11.6. The van der Waals surface area contributed by atoms with Gasteiger partial charge in [0, 0.05) is 24.9 Å². The number of hydrogen-bond donors (Lipinski definition) is 4. The first kappa shape index (κ1) is 29.8. The number of aromatic nitrogens is 1. The second kappa shape index (κ2) is 14.9. The van der Waals surface area contributed by atoms with Crippen molar-refractivity contribution < 1.29 is 41.6 Å². The zero-order chi connectivity index (χ0) is 26.4. The highest BCUT2D eigenvalue weighted by molar-refractivity contribution is 7.99. The van der Waals surface area contributed by atoms with Crippen molar-refractivity contribution in [1.29, 1.82) is 5.41 Å². The third-order valence-corrected chi connectivity index (χ3v) is 5.94. The Kier molecular flexibility index (Phi) is 12.7. The van der Waals surface area contributed by atoms with E-state index in [2.05, 4.69) is 20.4 Å². The van der Waals surface area contributed by atoms with Crippen LogP contribution < -0.4 is 10.6 Å². The molecular weight excluding hydrogens is 504 g/mol. The lowest BCUT2D eigenvalue weighted by Crippen LogP contribution is -2.45. The smallest absolute Gasteiger partial charge is 0.339 e. The number of pyridine rings is 1. The fraction of sp³-hybridized carbons (Fsp3) is 0.450. The molecule has 2 amide bonds. The summed E-state index contributed by atoms with van der Waals surface area (Å²) in [5.41, 5.74) is 0.254. The van der Waals surface area contributed by atoms with Gasteiger partial charge in [0.2, 0.25) is 11.8 Å². The van der Waals surface area contributed by atoms with E-state index in [0.717, 1.165) is 17.8 Å². The second-order valence-electron chi connectivity index (χ2n) is 6.77. The van der Waals surface area contributed by atoms with E-state index in [1.54, 1.807) is 18.9 Å². The van der Waals surface area contributed by atoms with Crippen LogP contribution in [0.25, 0.3) is 0 Å². The molecule has 1 rings (SSSR count). The normalized spacial score (nSPS) is 12.4. The molecule has 1 aromatic rings. The molecule has 0 aliphatic carbocycles. The van der Waals surface area contributed by atoms with E-state index in [-0.39, 0.29) is 30.9 Å². The summed E-state index contributed by atoms with van der Waals surface area (Å²) in [5, 5.41) is 12.2. The van der Waals surface area contributed by atoms with Crippen molar-refractivity contribution in [2.24, 2.45) is 5.92 Å². The average Bonchev–Trinajstić information content (AvgIpc) is 2.80. The molecule has 0 aliphatic rings. The molecular formula is C20H26N4O9S2. The standard InChI is InChI=1S/C20H26N4O9S2/c1-3-33-20(28)15(11-34-17-5-4-13(10-23-17)19(27)32-2)24-16(25)7-9-22-18(26)14(6-8-21)12-35(29,30)31/h4-6,10,14-15,21H,3,7,9,11-12H2,1-2H3,(H,22,26)(H,24,25)(H,29,30,31). The Bertz CT molecular complexity index is 1050. The number of esters is 2. The summed E-state index contributed by atoms with van der Waals surface area (Å²) >= 11 is 1.14. The van der Waals surface area contributed by atoms with Gasteiger partial charge in [-0.15, -0.1) is 11.8 Å². The van der Waals surface area contributed by atoms with Crippen LogP contribution in [0.15, 0.2) is 29.4 Å². The molecule has 0 saturated heterocycles. The third-order valence-electron chi connectivity index (χ3n) is 4.12. The van der Waals surface area contributed by atoms with Gasteiger partial charge < -0.3 is 20.1 Å². The SMILES string of the molecule is CCOC(=O)C(CSc1ccc(C(=O)OC)cn1)NC(=O)CCNC(=O)C(C=C=N)CS(=O)(=O)O. The number of rotatable bonds is 14. The summed E-state index contributed by atoms with van der Waals surface area (Å²) in [6, 6.07) is 2.03. The maximum atomic E-state index is 12.3. The van der Waals surface area contributed by atoms with Crippen molar-refractivity contribution in [3.63, 3.8) is 0 Å². The number of thioether (sulfide) groups is 1. The van der Waals surface area contributed by atoms with Gasteiger partial charge in [-0.05, 0) is 31.0 Å². The van der Waals surface area contributed by atoms with Crippen molar-refractivity contribution in [2.45, 2.75) is 24.4 Å². The molecule has 0 bridgehead atoms. The number of amides is 2. The van der Waals surface area contributed by atoms with E-state index in [1.165, 1.54) is 19.4 Å². The molecule has 0 aliphatic heterocycles. The van der Waals surface area contributed by atoms with Crippen molar-refractivity contribution >= 4 is 51.5 Å². The molecule has 0 saturated carbocycles. The molecule has 0 aromatic carbocycles. The maximum absolute atomic E-state index is 12.3. The van der Waals surface area contributed by atoms with Crippen LogP contribution in [0.1, 0.15) is 23.7 Å². The Balaban J connectivity index is 2.67. The number of methoxy groups -OCH3 is 1. The van der Waals surface area contributed by atoms with Gasteiger partial charge in [0.1, 0.15) is 6.04 Å².